The Kier molecular flexibility index (Phi) is 5.12. The molecule has 0 amide bonds. The molecule has 3 nitrogen and oxygen atoms in total. The maximum Gasteiger partial charge on any atom is 0.123 e. The maximum atomic E-state index is 12.8. The number of hydrogen-bond acceptors (Lipinski definition) is 3. The van der Waals surface area contributed by atoms with Gasteiger partial charge in [0.05, 0.1) is 12.5 Å². The van der Waals surface area contributed by atoms with Crippen LogP contribution >= 0.6 is 0 Å². The molecule has 0 bridgehead atoms. The molecule has 0 atom stereocenters. The minimum atomic E-state index is -0.187. The fraction of sp³-hybridized carbons (Fsp3) is 0.333. The molecular weight excluding hydrogens is 243 g/mol. The second-order valence-electron chi connectivity index (χ2n) is 4.67. The van der Waals surface area contributed by atoms with Gasteiger partial charge in [-0.05, 0) is 30.8 Å². The predicted molar refractivity (Wildman–Crippen MR) is 73.1 cm³/mol. The number of nitrogens with one attached hydrogen (secondary N) is 1. The molecule has 0 fully saturated rings. The van der Waals surface area contributed by atoms with Crippen molar-refractivity contribution in [2.75, 3.05) is 20.1 Å². The third kappa shape index (κ3) is 4.85. The van der Waals surface area contributed by atoms with Crippen LogP contribution in [0.3, 0.4) is 0 Å². The summed E-state index contributed by atoms with van der Waals surface area (Å²) < 4.78 is 17.8. The van der Waals surface area contributed by atoms with Crippen molar-refractivity contribution >= 4 is 0 Å². The van der Waals surface area contributed by atoms with Crippen LogP contribution in [0.25, 0.3) is 0 Å². The van der Waals surface area contributed by atoms with E-state index in [2.05, 4.69) is 17.3 Å². The highest BCUT2D eigenvalue weighted by atomic mass is 19.1. The third-order valence-corrected chi connectivity index (χ3v) is 2.95. The van der Waals surface area contributed by atoms with E-state index >= 15 is 0 Å². The van der Waals surface area contributed by atoms with Gasteiger partial charge in [-0.15, -0.1) is 0 Å². The third-order valence-electron chi connectivity index (χ3n) is 2.95. The molecule has 0 saturated carbocycles. The Morgan fingerprint density at radius 1 is 1.16 bits per heavy atom. The number of furan rings is 1. The minimum Gasteiger partial charge on any atom is -0.472 e. The first-order valence-electron chi connectivity index (χ1n) is 6.39. The average molecular weight is 262 g/mol. The molecule has 0 aliphatic rings. The van der Waals surface area contributed by atoms with Crippen LogP contribution in [0.4, 0.5) is 4.39 Å². The normalized spacial score (nSPS) is 11.1. The molecule has 1 aromatic heterocycles. The van der Waals surface area contributed by atoms with Gasteiger partial charge in [0.25, 0.3) is 0 Å². The van der Waals surface area contributed by atoms with Gasteiger partial charge in [-0.1, -0.05) is 12.1 Å². The highest BCUT2D eigenvalue weighted by molar-refractivity contribution is 5.15. The van der Waals surface area contributed by atoms with Gasteiger partial charge in [0.1, 0.15) is 5.82 Å². The average Bonchev–Trinajstić information content (AvgIpc) is 2.91. The molecule has 0 spiro atoms. The fourth-order valence-electron chi connectivity index (χ4n) is 1.88. The van der Waals surface area contributed by atoms with Gasteiger partial charge >= 0.3 is 0 Å². The number of benzene rings is 1. The lowest BCUT2D eigenvalue weighted by Crippen LogP contribution is -2.28. The summed E-state index contributed by atoms with van der Waals surface area (Å²) in [6.45, 7) is 3.49. The Morgan fingerprint density at radius 3 is 2.63 bits per heavy atom. The molecule has 0 aliphatic heterocycles. The van der Waals surface area contributed by atoms with E-state index in [9.17, 15) is 4.39 Å². The van der Waals surface area contributed by atoms with Crippen molar-refractivity contribution in [1.29, 1.82) is 0 Å². The van der Waals surface area contributed by atoms with Crippen LogP contribution in [0.1, 0.15) is 11.1 Å². The van der Waals surface area contributed by atoms with Crippen LogP contribution in [0.2, 0.25) is 0 Å². The van der Waals surface area contributed by atoms with Crippen molar-refractivity contribution in [2.45, 2.75) is 13.1 Å². The molecule has 2 aromatic rings. The first-order valence-corrected chi connectivity index (χ1v) is 6.39. The Balaban J connectivity index is 1.64. The highest BCUT2D eigenvalue weighted by Gasteiger charge is 2.01. The number of likely N-dealkylation sites (N-methyl/N-ethyl adjacent to an activating group) is 1. The Bertz CT molecular complexity index is 467. The zero-order chi connectivity index (χ0) is 13.5. The topological polar surface area (TPSA) is 28.4 Å². The summed E-state index contributed by atoms with van der Waals surface area (Å²) in [5.41, 5.74) is 2.28. The van der Waals surface area contributed by atoms with E-state index < -0.39 is 0 Å². The number of halogens is 1. The van der Waals surface area contributed by atoms with Crippen LogP contribution in [0, 0.1) is 5.82 Å². The minimum absolute atomic E-state index is 0.187. The van der Waals surface area contributed by atoms with Crippen molar-refractivity contribution in [3.05, 3.63) is 59.8 Å². The van der Waals surface area contributed by atoms with Gasteiger partial charge in [0, 0.05) is 31.7 Å². The summed E-state index contributed by atoms with van der Waals surface area (Å²) in [4.78, 5) is 2.20. The summed E-state index contributed by atoms with van der Waals surface area (Å²) in [5, 5.41) is 3.35. The lowest BCUT2D eigenvalue weighted by atomic mass is 10.2. The van der Waals surface area contributed by atoms with E-state index in [-0.39, 0.29) is 5.82 Å². The van der Waals surface area contributed by atoms with E-state index in [1.54, 1.807) is 12.5 Å². The first kappa shape index (κ1) is 13.8. The van der Waals surface area contributed by atoms with Crippen LogP contribution < -0.4 is 5.32 Å². The Hall–Kier alpha value is -1.65. The summed E-state index contributed by atoms with van der Waals surface area (Å²) in [5.74, 6) is -0.187. The highest BCUT2D eigenvalue weighted by Crippen LogP contribution is 2.05. The Morgan fingerprint density at radius 2 is 1.95 bits per heavy atom. The number of rotatable bonds is 7. The molecule has 0 aliphatic carbocycles. The van der Waals surface area contributed by atoms with Crippen LogP contribution in [0.5, 0.6) is 0 Å². The van der Waals surface area contributed by atoms with Crippen molar-refractivity contribution < 1.29 is 8.81 Å². The smallest absolute Gasteiger partial charge is 0.123 e. The number of hydrogen-bond donors (Lipinski definition) is 1. The van der Waals surface area contributed by atoms with E-state index in [4.69, 9.17) is 4.42 Å². The van der Waals surface area contributed by atoms with Crippen LogP contribution in [0.15, 0.2) is 47.3 Å². The van der Waals surface area contributed by atoms with Gasteiger partial charge in [0.2, 0.25) is 0 Å². The van der Waals surface area contributed by atoms with Gasteiger partial charge in [-0.3, -0.25) is 0 Å². The second-order valence-corrected chi connectivity index (χ2v) is 4.67. The summed E-state index contributed by atoms with van der Waals surface area (Å²) >= 11 is 0. The quantitative estimate of drug-likeness (QED) is 0.778. The van der Waals surface area contributed by atoms with Gasteiger partial charge in [0.15, 0.2) is 0 Å². The zero-order valence-corrected chi connectivity index (χ0v) is 11.1. The second kappa shape index (κ2) is 7.07. The number of nitrogens with zero attached hydrogens (tertiary/aromatic N) is 1. The largest absolute Gasteiger partial charge is 0.472 e. The van der Waals surface area contributed by atoms with Gasteiger partial charge in [-0.25, -0.2) is 4.39 Å². The van der Waals surface area contributed by atoms with Crippen molar-refractivity contribution in [2.24, 2.45) is 0 Å². The molecule has 4 heteroatoms. The van der Waals surface area contributed by atoms with Crippen molar-refractivity contribution in [3.63, 3.8) is 0 Å². The molecule has 102 valence electrons. The van der Waals surface area contributed by atoms with E-state index in [0.717, 1.165) is 37.3 Å². The monoisotopic (exact) mass is 262 g/mol. The Labute approximate surface area is 113 Å². The predicted octanol–water partition coefficient (Wildman–Crippen LogP) is 2.64. The lowest BCUT2D eigenvalue weighted by molar-refractivity contribution is 0.324. The van der Waals surface area contributed by atoms with E-state index in [1.807, 2.05) is 18.2 Å². The van der Waals surface area contributed by atoms with Crippen LogP contribution in [-0.2, 0) is 13.1 Å². The molecule has 1 aromatic carbocycles. The molecule has 0 radical (unpaired) electrons. The molecule has 1 heterocycles. The van der Waals surface area contributed by atoms with Gasteiger partial charge in [-0.2, -0.15) is 0 Å². The molecular formula is C15H19FN2O. The molecule has 0 saturated heterocycles. The maximum absolute atomic E-state index is 12.8. The first-order chi connectivity index (χ1) is 9.24. The van der Waals surface area contributed by atoms with Crippen molar-refractivity contribution in [1.82, 2.24) is 10.2 Å². The van der Waals surface area contributed by atoms with Crippen molar-refractivity contribution in [3.8, 4) is 0 Å². The lowest BCUT2D eigenvalue weighted by Gasteiger charge is -2.16. The molecule has 0 unspecified atom stereocenters. The van der Waals surface area contributed by atoms with Crippen LogP contribution in [-0.4, -0.2) is 25.0 Å². The summed E-state index contributed by atoms with van der Waals surface area (Å²) in [6, 6.07) is 8.60. The molecule has 19 heavy (non-hydrogen) atoms. The van der Waals surface area contributed by atoms with Gasteiger partial charge < -0.3 is 14.6 Å². The zero-order valence-electron chi connectivity index (χ0n) is 11.1. The van der Waals surface area contributed by atoms with E-state index in [0.29, 0.717) is 0 Å². The summed E-state index contributed by atoms with van der Waals surface area (Å²) in [6.07, 6.45) is 3.42. The summed E-state index contributed by atoms with van der Waals surface area (Å²) in [7, 11) is 2.06. The molecule has 1 N–H and O–H groups in total. The SMILES string of the molecule is CN(CCNCc1ccoc1)Cc1ccc(F)cc1. The molecule has 2 rings (SSSR count). The standard InChI is InChI=1S/C15H19FN2O/c1-18(11-13-2-4-15(16)5-3-13)8-7-17-10-14-6-9-19-12-14/h2-6,9,12,17H,7-8,10-11H2,1H3. The fourth-order valence-corrected chi connectivity index (χ4v) is 1.88. The van der Waals surface area contributed by atoms with E-state index in [1.165, 1.54) is 12.1 Å².